The Hall–Kier alpha value is -1.88. The molecule has 1 aromatic carbocycles. The minimum Gasteiger partial charge on any atom is -0.481 e. The molecule has 0 radical (unpaired) electrons. The molecule has 0 amide bonds. The molecular formula is C15H17NO3S. The zero-order valence-electron chi connectivity index (χ0n) is 11.5. The molecule has 1 N–H and O–H groups in total. The summed E-state index contributed by atoms with van der Waals surface area (Å²) < 4.78 is 1.59. The third-order valence-electron chi connectivity index (χ3n) is 3.04. The fraction of sp³-hybridized carbons (Fsp3) is 0.333. The number of hydrogen-bond acceptors (Lipinski definition) is 3. The summed E-state index contributed by atoms with van der Waals surface area (Å²) in [6, 6.07) is 9.66. The number of nitrogens with zero attached hydrogens (tertiary/aromatic N) is 1. The summed E-state index contributed by atoms with van der Waals surface area (Å²) in [6.45, 7) is 4.29. The molecule has 1 aromatic heterocycles. The van der Waals surface area contributed by atoms with Crippen LogP contribution in [-0.4, -0.2) is 15.6 Å². The van der Waals surface area contributed by atoms with Crippen LogP contribution in [0.2, 0.25) is 0 Å². The van der Waals surface area contributed by atoms with Crippen molar-refractivity contribution in [2.75, 3.05) is 0 Å². The van der Waals surface area contributed by atoms with Crippen LogP contribution >= 0.6 is 11.3 Å². The molecule has 0 aliphatic heterocycles. The maximum atomic E-state index is 12.1. The molecule has 0 saturated carbocycles. The summed E-state index contributed by atoms with van der Waals surface area (Å²) in [5, 5.41) is 8.83. The fourth-order valence-electron chi connectivity index (χ4n) is 2.12. The monoisotopic (exact) mass is 291 g/mol. The number of carboxylic acid groups (broad SMARTS) is 1. The van der Waals surface area contributed by atoms with E-state index in [0.717, 1.165) is 16.1 Å². The zero-order valence-corrected chi connectivity index (χ0v) is 12.3. The number of rotatable bonds is 5. The van der Waals surface area contributed by atoms with Crippen LogP contribution in [0.15, 0.2) is 35.1 Å². The largest absolute Gasteiger partial charge is 0.481 e. The number of benzene rings is 1. The van der Waals surface area contributed by atoms with Gasteiger partial charge in [-0.15, -0.1) is 0 Å². The molecule has 2 rings (SSSR count). The highest BCUT2D eigenvalue weighted by molar-refractivity contribution is 7.09. The van der Waals surface area contributed by atoms with Crippen LogP contribution in [-0.2, 0) is 11.3 Å². The molecule has 0 fully saturated rings. The second-order valence-electron chi connectivity index (χ2n) is 4.90. The van der Waals surface area contributed by atoms with Crippen molar-refractivity contribution < 1.29 is 9.90 Å². The van der Waals surface area contributed by atoms with E-state index in [9.17, 15) is 9.59 Å². The summed E-state index contributed by atoms with van der Waals surface area (Å²) in [5.74, 6) is -0.665. The Morgan fingerprint density at radius 3 is 2.50 bits per heavy atom. The Bertz CT molecular complexity index is 656. The first-order chi connectivity index (χ1) is 9.50. The van der Waals surface area contributed by atoms with Gasteiger partial charge in [0, 0.05) is 11.4 Å². The summed E-state index contributed by atoms with van der Waals surface area (Å²) in [5.41, 5.74) is 1.82. The Balaban J connectivity index is 2.56. The fourth-order valence-corrected chi connectivity index (χ4v) is 3.16. The lowest BCUT2D eigenvalue weighted by Crippen LogP contribution is -2.16. The van der Waals surface area contributed by atoms with Gasteiger partial charge < -0.3 is 5.11 Å². The van der Waals surface area contributed by atoms with Crippen molar-refractivity contribution in [1.29, 1.82) is 0 Å². The van der Waals surface area contributed by atoms with Crippen molar-refractivity contribution in [3.05, 3.63) is 44.9 Å². The van der Waals surface area contributed by atoms with Crippen molar-refractivity contribution in [1.82, 2.24) is 4.57 Å². The predicted octanol–water partition coefficient (Wildman–Crippen LogP) is 3.17. The number of aromatic nitrogens is 1. The minimum atomic E-state index is -0.895. The molecule has 0 saturated heterocycles. The van der Waals surface area contributed by atoms with Crippen LogP contribution in [0.1, 0.15) is 31.1 Å². The highest BCUT2D eigenvalue weighted by Gasteiger charge is 2.19. The molecule has 0 atom stereocenters. The van der Waals surface area contributed by atoms with E-state index in [4.69, 9.17) is 5.11 Å². The summed E-state index contributed by atoms with van der Waals surface area (Å²) in [6.07, 6.45) is -0.0476. The molecular weight excluding hydrogens is 274 g/mol. The number of carbonyl (C=O) groups is 1. The van der Waals surface area contributed by atoms with Gasteiger partial charge in [-0.3, -0.25) is 14.2 Å². The van der Waals surface area contributed by atoms with Gasteiger partial charge in [-0.25, -0.2) is 0 Å². The van der Waals surface area contributed by atoms with Gasteiger partial charge in [0.15, 0.2) is 0 Å². The maximum absolute atomic E-state index is 12.1. The van der Waals surface area contributed by atoms with E-state index in [2.05, 4.69) is 0 Å². The quantitative estimate of drug-likeness (QED) is 0.920. The first-order valence-corrected chi connectivity index (χ1v) is 7.33. The molecule has 2 aromatic rings. The standard InChI is InChI=1S/C15H17NO3S/c1-10(2)14-13(11-6-4-3-5-7-11)16(15(19)20-14)9-8-12(17)18/h3-7,10H,8-9H2,1-2H3,(H,17,18). The topological polar surface area (TPSA) is 59.3 Å². The number of aliphatic carboxylic acids is 1. The average Bonchev–Trinajstić information content (AvgIpc) is 2.74. The van der Waals surface area contributed by atoms with E-state index in [1.165, 1.54) is 11.3 Å². The van der Waals surface area contributed by atoms with Gasteiger partial charge in [0.05, 0.1) is 12.1 Å². The number of hydrogen-bond donors (Lipinski definition) is 1. The van der Waals surface area contributed by atoms with Gasteiger partial charge in [-0.2, -0.15) is 0 Å². The first kappa shape index (κ1) is 14.5. The maximum Gasteiger partial charge on any atom is 0.307 e. The van der Waals surface area contributed by atoms with Crippen molar-refractivity contribution in [3.63, 3.8) is 0 Å². The van der Waals surface area contributed by atoms with E-state index in [0.29, 0.717) is 0 Å². The molecule has 0 aliphatic rings. The lowest BCUT2D eigenvalue weighted by molar-refractivity contribution is -0.137. The second-order valence-corrected chi connectivity index (χ2v) is 5.89. The molecule has 5 heteroatoms. The molecule has 20 heavy (non-hydrogen) atoms. The van der Waals surface area contributed by atoms with E-state index >= 15 is 0 Å². The lowest BCUT2D eigenvalue weighted by atomic mass is 10.1. The molecule has 106 valence electrons. The van der Waals surface area contributed by atoms with Crippen LogP contribution in [0.4, 0.5) is 0 Å². The smallest absolute Gasteiger partial charge is 0.307 e. The summed E-state index contributed by atoms with van der Waals surface area (Å²) in [4.78, 5) is 23.8. The molecule has 0 unspecified atom stereocenters. The Labute approximate surface area is 121 Å². The second kappa shape index (κ2) is 6.05. The first-order valence-electron chi connectivity index (χ1n) is 6.51. The number of carboxylic acids is 1. The van der Waals surface area contributed by atoms with Crippen LogP contribution in [0.3, 0.4) is 0 Å². The van der Waals surface area contributed by atoms with Gasteiger partial charge in [0.25, 0.3) is 0 Å². The Morgan fingerprint density at radius 1 is 1.30 bits per heavy atom. The van der Waals surface area contributed by atoms with Gasteiger partial charge in [0.2, 0.25) is 0 Å². The van der Waals surface area contributed by atoms with E-state index in [-0.39, 0.29) is 23.8 Å². The van der Waals surface area contributed by atoms with Crippen molar-refractivity contribution in [2.45, 2.75) is 32.7 Å². The van der Waals surface area contributed by atoms with Gasteiger partial charge in [0.1, 0.15) is 0 Å². The van der Waals surface area contributed by atoms with E-state index in [1.807, 2.05) is 44.2 Å². The van der Waals surface area contributed by atoms with Crippen molar-refractivity contribution >= 4 is 17.3 Å². The molecule has 0 bridgehead atoms. The highest BCUT2D eigenvalue weighted by atomic mass is 32.1. The van der Waals surface area contributed by atoms with Crippen molar-refractivity contribution in [3.8, 4) is 11.3 Å². The van der Waals surface area contributed by atoms with Crippen LogP contribution in [0, 0.1) is 0 Å². The predicted molar refractivity (Wildman–Crippen MR) is 80.4 cm³/mol. The molecule has 4 nitrogen and oxygen atoms in total. The van der Waals surface area contributed by atoms with Crippen LogP contribution in [0.5, 0.6) is 0 Å². The van der Waals surface area contributed by atoms with Gasteiger partial charge in [-0.05, 0) is 11.5 Å². The van der Waals surface area contributed by atoms with Crippen LogP contribution in [0.25, 0.3) is 11.3 Å². The molecule has 0 spiro atoms. The third-order valence-corrected chi connectivity index (χ3v) is 4.32. The molecule has 1 heterocycles. The minimum absolute atomic E-state index is 0.0476. The zero-order chi connectivity index (χ0) is 14.7. The summed E-state index contributed by atoms with van der Waals surface area (Å²) >= 11 is 1.21. The Morgan fingerprint density at radius 2 is 1.95 bits per heavy atom. The summed E-state index contributed by atoms with van der Waals surface area (Å²) in [7, 11) is 0. The third kappa shape index (κ3) is 2.99. The van der Waals surface area contributed by atoms with Crippen molar-refractivity contribution in [2.24, 2.45) is 0 Å². The average molecular weight is 291 g/mol. The van der Waals surface area contributed by atoms with Crippen LogP contribution < -0.4 is 4.87 Å². The van der Waals surface area contributed by atoms with E-state index < -0.39 is 5.97 Å². The highest BCUT2D eigenvalue weighted by Crippen LogP contribution is 2.31. The lowest BCUT2D eigenvalue weighted by Gasteiger charge is -2.11. The van der Waals surface area contributed by atoms with E-state index in [1.54, 1.807) is 4.57 Å². The Kier molecular flexibility index (Phi) is 4.39. The molecule has 0 aliphatic carbocycles. The normalized spacial score (nSPS) is 10.9. The SMILES string of the molecule is CC(C)c1sc(=O)n(CCC(=O)O)c1-c1ccccc1. The van der Waals surface area contributed by atoms with Gasteiger partial charge in [-0.1, -0.05) is 55.5 Å². The number of thiazole rings is 1. The van der Waals surface area contributed by atoms with Gasteiger partial charge >= 0.3 is 10.8 Å².